The predicted molar refractivity (Wildman–Crippen MR) is 81.2 cm³/mol. The Morgan fingerprint density at radius 3 is 2.62 bits per heavy atom. The van der Waals surface area contributed by atoms with Crippen molar-refractivity contribution in [3.63, 3.8) is 0 Å². The fraction of sp³-hybridized carbons (Fsp3) is 0. The normalized spacial score (nSPS) is 11.1. The Balaban J connectivity index is 2.41. The number of nitrogens with one attached hydrogen (secondary N) is 1. The Kier molecular flexibility index (Phi) is 4.50. The fourth-order valence-electron chi connectivity index (χ4n) is 1.51. The van der Waals surface area contributed by atoms with Crippen molar-refractivity contribution in [3.05, 3.63) is 51.7 Å². The summed E-state index contributed by atoms with van der Waals surface area (Å²) in [5, 5.41) is 8.88. The molecule has 0 atom stereocenters. The molecule has 0 aliphatic rings. The zero-order valence-corrected chi connectivity index (χ0v) is 13.4. The van der Waals surface area contributed by atoms with E-state index in [1.165, 1.54) is 36.5 Å². The number of halogens is 2. The van der Waals surface area contributed by atoms with E-state index in [-0.39, 0.29) is 25.8 Å². The van der Waals surface area contributed by atoms with Gasteiger partial charge in [-0.05, 0) is 46.3 Å². The van der Waals surface area contributed by atoms with Gasteiger partial charge in [-0.15, -0.1) is 0 Å². The smallest absolute Gasteiger partial charge is 0.335 e. The van der Waals surface area contributed by atoms with Gasteiger partial charge in [-0.1, -0.05) is 11.6 Å². The van der Waals surface area contributed by atoms with Crippen LogP contribution in [-0.4, -0.2) is 24.5 Å². The molecule has 1 aromatic heterocycles. The average Bonchev–Trinajstić information content (AvgIpc) is 2.40. The number of sulfonamides is 1. The molecule has 21 heavy (non-hydrogen) atoms. The molecule has 0 spiro atoms. The average molecular weight is 392 g/mol. The number of anilines is 1. The zero-order valence-electron chi connectivity index (χ0n) is 10.2. The number of nitrogens with zero attached hydrogens (tertiary/aromatic N) is 1. The van der Waals surface area contributed by atoms with Crippen LogP contribution >= 0.6 is 27.5 Å². The number of benzene rings is 1. The van der Waals surface area contributed by atoms with Gasteiger partial charge in [0.15, 0.2) is 5.15 Å². The van der Waals surface area contributed by atoms with Crippen LogP contribution in [0, 0.1) is 0 Å². The Morgan fingerprint density at radius 2 is 2.05 bits per heavy atom. The fourth-order valence-corrected chi connectivity index (χ4v) is 3.88. The van der Waals surface area contributed by atoms with Crippen molar-refractivity contribution in [3.8, 4) is 0 Å². The highest BCUT2D eigenvalue weighted by atomic mass is 79.9. The van der Waals surface area contributed by atoms with Gasteiger partial charge in [0, 0.05) is 10.7 Å². The molecule has 110 valence electrons. The Labute approximate surface area is 134 Å². The molecule has 1 aromatic carbocycles. The number of carboxylic acid groups (broad SMARTS) is 1. The first-order chi connectivity index (χ1) is 9.81. The van der Waals surface area contributed by atoms with E-state index in [1.807, 2.05) is 0 Å². The summed E-state index contributed by atoms with van der Waals surface area (Å²) in [5.41, 5.74) is 0.105. The Morgan fingerprint density at radius 1 is 1.33 bits per heavy atom. The van der Waals surface area contributed by atoms with Crippen LogP contribution in [0.5, 0.6) is 0 Å². The second kappa shape index (κ2) is 6.00. The molecule has 0 unspecified atom stereocenters. The minimum atomic E-state index is -3.92. The van der Waals surface area contributed by atoms with Crippen LogP contribution in [0.4, 0.5) is 5.69 Å². The third kappa shape index (κ3) is 3.52. The molecule has 2 aromatic rings. The van der Waals surface area contributed by atoms with Gasteiger partial charge in [0.05, 0.1) is 11.3 Å². The summed E-state index contributed by atoms with van der Waals surface area (Å²) in [4.78, 5) is 14.5. The van der Waals surface area contributed by atoms with Crippen molar-refractivity contribution < 1.29 is 18.3 Å². The number of carboxylic acids is 1. The molecule has 0 saturated heterocycles. The maximum atomic E-state index is 12.3. The van der Waals surface area contributed by atoms with E-state index in [1.54, 1.807) is 0 Å². The van der Waals surface area contributed by atoms with Crippen molar-refractivity contribution in [1.29, 1.82) is 0 Å². The number of pyridine rings is 1. The van der Waals surface area contributed by atoms with E-state index < -0.39 is 16.0 Å². The summed E-state index contributed by atoms with van der Waals surface area (Å²) < 4.78 is 27.0. The van der Waals surface area contributed by atoms with Gasteiger partial charge in [0.2, 0.25) is 0 Å². The Hall–Kier alpha value is -1.64. The Bertz CT molecular complexity index is 811. The molecule has 0 fully saturated rings. The lowest BCUT2D eigenvalue weighted by Gasteiger charge is -2.10. The van der Waals surface area contributed by atoms with Gasteiger partial charge in [0.1, 0.15) is 4.90 Å². The van der Waals surface area contributed by atoms with Crippen molar-refractivity contribution >= 4 is 49.2 Å². The summed E-state index contributed by atoms with van der Waals surface area (Å²) in [6, 6.07) is 6.60. The van der Waals surface area contributed by atoms with Crippen LogP contribution in [0.2, 0.25) is 5.15 Å². The third-order valence-electron chi connectivity index (χ3n) is 2.47. The maximum Gasteiger partial charge on any atom is 0.335 e. The van der Waals surface area contributed by atoms with E-state index in [9.17, 15) is 13.2 Å². The number of carbonyl (C=O) groups is 1. The molecule has 9 heteroatoms. The van der Waals surface area contributed by atoms with Crippen molar-refractivity contribution in [2.45, 2.75) is 4.90 Å². The second-order valence-corrected chi connectivity index (χ2v) is 6.76. The highest BCUT2D eigenvalue weighted by Gasteiger charge is 2.20. The molecule has 0 amide bonds. The van der Waals surface area contributed by atoms with Crippen molar-refractivity contribution in [2.75, 3.05) is 4.72 Å². The van der Waals surface area contributed by atoms with Gasteiger partial charge in [-0.2, -0.15) is 0 Å². The van der Waals surface area contributed by atoms with Gasteiger partial charge >= 0.3 is 5.97 Å². The first kappa shape index (κ1) is 15.7. The highest BCUT2D eigenvalue weighted by molar-refractivity contribution is 9.10. The highest BCUT2D eigenvalue weighted by Crippen LogP contribution is 2.27. The van der Waals surface area contributed by atoms with Crippen molar-refractivity contribution in [2.24, 2.45) is 0 Å². The molecule has 6 nitrogen and oxygen atoms in total. The molecule has 0 radical (unpaired) electrons. The summed E-state index contributed by atoms with van der Waals surface area (Å²) >= 11 is 8.85. The molecule has 0 saturated carbocycles. The molecule has 2 N–H and O–H groups in total. The predicted octanol–water partition coefficient (Wildman–Crippen LogP) is 3.00. The van der Waals surface area contributed by atoms with Crippen LogP contribution in [0.15, 0.2) is 45.9 Å². The van der Waals surface area contributed by atoms with Gasteiger partial charge in [-0.3, -0.25) is 4.72 Å². The molecule has 2 rings (SSSR count). The molecular weight excluding hydrogens is 384 g/mol. The van der Waals surface area contributed by atoms with Gasteiger partial charge in [-0.25, -0.2) is 18.2 Å². The number of aromatic carboxylic acids is 1. The third-order valence-corrected chi connectivity index (χ3v) is 5.12. The number of hydrogen-bond donors (Lipinski definition) is 2. The van der Waals surface area contributed by atoms with Crippen LogP contribution in [0.3, 0.4) is 0 Å². The van der Waals surface area contributed by atoms with Gasteiger partial charge in [0.25, 0.3) is 10.0 Å². The topological polar surface area (TPSA) is 96.4 Å². The largest absolute Gasteiger partial charge is 0.478 e. The number of rotatable bonds is 4. The van der Waals surface area contributed by atoms with E-state index in [4.69, 9.17) is 16.7 Å². The number of hydrogen-bond acceptors (Lipinski definition) is 4. The van der Waals surface area contributed by atoms with Gasteiger partial charge < -0.3 is 5.11 Å². The lowest BCUT2D eigenvalue weighted by molar-refractivity contribution is 0.0696. The number of aromatic nitrogens is 1. The summed E-state index contributed by atoms with van der Waals surface area (Å²) in [5.74, 6) is -1.15. The standard InChI is InChI=1S/C12H8BrClN2O4S/c13-8-6-7(12(17)18)3-4-10(8)21(19,20)16-9-2-1-5-15-11(9)14/h1-6,16H,(H,17,18). The lowest BCUT2D eigenvalue weighted by Crippen LogP contribution is -2.14. The monoisotopic (exact) mass is 390 g/mol. The second-order valence-electron chi connectivity index (χ2n) is 3.90. The first-order valence-electron chi connectivity index (χ1n) is 5.47. The summed E-state index contributed by atoms with van der Waals surface area (Å²) in [6.07, 6.45) is 1.43. The van der Waals surface area contributed by atoms with Crippen LogP contribution < -0.4 is 4.72 Å². The van der Waals surface area contributed by atoms with Crippen LogP contribution in [0.25, 0.3) is 0 Å². The summed E-state index contributed by atoms with van der Waals surface area (Å²) in [7, 11) is -3.92. The zero-order chi connectivity index (χ0) is 15.6. The molecule has 0 aliphatic carbocycles. The quantitative estimate of drug-likeness (QED) is 0.781. The molecule has 0 aliphatic heterocycles. The molecule has 1 heterocycles. The first-order valence-corrected chi connectivity index (χ1v) is 8.13. The van der Waals surface area contributed by atoms with E-state index in [0.29, 0.717) is 0 Å². The van der Waals surface area contributed by atoms with E-state index >= 15 is 0 Å². The van der Waals surface area contributed by atoms with Crippen LogP contribution in [-0.2, 0) is 10.0 Å². The molecular formula is C12H8BrClN2O4S. The van der Waals surface area contributed by atoms with E-state index in [2.05, 4.69) is 25.6 Å². The summed E-state index contributed by atoms with van der Waals surface area (Å²) in [6.45, 7) is 0. The lowest BCUT2D eigenvalue weighted by atomic mass is 10.2. The minimum Gasteiger partial charge on any atom is -0.478 e. The minimum absolute atomic E-state index is 0.0133. The van der Waals surface area contributed by atoms with Crippen LogP contribution in [0.1, 0.15) is 10.4 Å². The maximum absolute atomic E-state index is 12.3. The molecule has 0 bridgehead atoms. The van der Waals surface area contributed by atoms with E-state index in [0.717, 1.165) is 0 Å². The van der Waals surface area contributed by atoms with Crippen molar-refractivity contribution in [1.82, 2.24) is 4.98 Å². The SMILES string of the molecule is O=C(O)c1ccc(S(=O)(=O)Nc2cccnc2Cl)c(Br)c1.